The van der Waals surface area contributed by atoms with Gasteiger partial charge in [-0.25, -0.2) is 0 Å². The number of carbonyl (C=O) groups excluding carboxylic acids is 1. The Morgan fingerprint density at radius 1 is 1.67 bits per heavy atom. The van der Waals surface area contributed by atoms with Crippen LogP contribution < -0.4 is 4.90 Å². The second-order valence-corrected chi connectivity index (χ2v) is 4.05. The Bertz CT molecular complexity index is 517. The van der Waals surface area contributed by atoms with Gasteiger partial charge in [-0.2, -0.15) is 4.98 Å². The van der Waals surface area contributed by atoms with Crippen LogP contribution in [0.2, 0.25) is 0 Å². The van der Waals surface area contributed by atoms with Gasteiger partial charge in [0, 0.05) is 25.3 Å². The number of aromatic nitrogens is 3. The third-order valence-electron chi connectivity index (χ3n) is 2.70. The molecule has 1 atom stereocenters. The van der Waals surface area contributed by atoms with Gasteiger partial charge in [-0.05, 0) is 0 Å². The van der Waals surface area contributed by atoms with Crippen molar-refractivity contribution in [3.8, 4) is 12.3 Å². The van der Waals surface area contributed by atoms with E-state index in [0.717, 1.165) is 0 Å². The van der Waals surface area contributed by atoms with Gasteiger partial charge in [0.15, 0.2) is 0 Å². The Morgan fingerprint density at radius 3 is 3.06 bits per heavy atom. The standard InChI is InChI=1S/C11H12N4O3/c1-2-7-5-9(16)15(6-7)11-12-8(13-14-11)3-4-10(17)18/h1,7H,3-6H2,(H,17,18)(H,12,13,14). The Morgan fingerprint density at radius 2 is 2.44 bits per heavy atom. The maximum absolute atomic E-state index is 11.7. The first kappa shape index (κ1) is 12.1. The highest BCUT2D eigenvalue weighted by Crippen LogP contribution is 2.21. The molecule has 1 aromatic rings. The third-order valence-corrected chi connectivity index (χ3v) is 2.70. The van der Waals surface area contributed by atoms with Gasteiger partial charge in [0.05, 0.1) is 6.42 Å². The number of aromatic amines is 1. The van der Waals surface area contributed by atoms with Crippen molar-refractivity contribution >= 4 is 17.8 Å². The second-order valence-electron chi connectivity index (χ2n) is 4.05. The lowest BCUT2D eigenvalue weighted by Crippen LogP contribution is -2.25. The first-order chi connectivity index (χ1) is 8.60. The van der Waals surface area contributed by atoms with E-state index >= 15 is 0 Å². The Hall–Kier alpha value is -2.36. The van der Waals surface area contributed by atoms with Crippen LogP contribution in [0.5, 0.6) is 0 Å². The lowest BCUT2D eigenvalue weighted by atomic mass is 10.1. The lowest BCUT2D eigenvalue weighted by Gasteiger charge is -2.09. The molecule has 7 heteroatoms. The predicted octanol–water partition coefficient (Wildman–Crippen LogP) is -0.192. The molecule has 2 heterocycles. The van der Waals surface area contributed by atoms with E-state index in [9.17, 15) is 9.59 Å². The molecule has 0 radical (unpaired) electrons. The number of hydrogen-bond acceptors (Lipinski definition) is 4. The number of aliphatic carboxylic acids is 1. The zero-order valence-corrected chi connectivity index (χ0v) is 9.59. The van der Waals surface area contributed by atoms with E-state index in [2.05, 4.69) is 21.1 Å². The summed E-state index contributed by atoms with van der Waals surface area (Å²) in [6.45, 7) is 0.408. The van der Waals surface area contributed by atoms with Crippen LogP contribution in [0.25, 0.3) is 0 Å². The molecule has 2 N–H and O–H groups in total. The molecule has 2 rings (SSSR count). The highest BCUT2D eigenvalue weighted by Gasteiger charge is 2.31. The minimum absolute atomic E-state index is 0.0322. The van der Waals surface area contributed by atoms with Gasteiger partial charge in [0.2, 0.25) is 5.91 Å². The van der Waals surface area contributed by atoms with Crippen molar-refractivity contribution in [1.82, 2.24) is 15.2 Å². The Labute approximate surface area is 103 Å². The molecular weight excluding hydrogens is 236 g/mol. The zero-order chi connectivity index (χ0) is 13.1. The number of nitrogens with one attached hydrogen (secondary N) is 1. The van der Waals surface area contributed by atoms with Crippen LogP contribution in [-0.2, 0) is 16.0 Å². The van der Waals surface area contributed by atoms with Crippen LogP contribution in [0, 0.1) is 18.3 Å². The summed E-state index contributed by atoms with van der Waals surface area (Å²) in [4.78, 5) is 27.6. The van der Waals surface area contributed by atoms with Crippen molar-refractivity contribution in [2.75, 3.05) is 11.4 Å². The molecule has 0 spiro atoms. The largest absolute Gasteiger partial charge is 0.481 e. The van der Waals surface area contributed by atoms with Crippen molar-refractivity contribution in [2.45, 2.75) is 19.3 Å². The van der Waals surface area contributed by atoms with Crippen molar-refractivity contribution in [1.29, 1.82) is 0 Å². The summed E-state index contributed by atoms with van der Waals surface area (Å²) in [6.07, 6.45) is 5.80. The molecule has 7 nitrogen and oxygen atoms in total. The van der Waals surface area contributed by atoms with Gasteiger partial charge < -0.3 is 5.11 Å². The summed E-state index contributed by atoms with van der Waals surface area (Å²) in [5.74, 6) is 2.12. The zero-order valence-electron chi connectivity index (χ0n) is 9.59. The molecular formula is C11H12N4O3. The Kier molecular flexibility index (Phi) is 3.28. The van der Waals surface area contributed by atoms with Crippen molar-refractivity contribution in [3.05, 3.63) is 5.82 Å². The fourth-order valence-electron chi connectivity index (χ4n) is 1.76. The van der Waals surface area contributed by atoms with Gasteiger partial charge in [-0.1, -0.05) is 0 Å². The number of carbonyl (C=O) groups is 2. The minimum atomic E-state index is -0.905. The topological polar surface area (TPSA) is 99.2 Å². The van der Waals surface area contributed by atoms with E-state index in [4.69, 9.17) is 11.5 Å². The fourth-order valence-corrected chi connectivity index (χ4v) is 1.76. The third kappa shape index (κ3) is 2.48. The predicted molar refractivity (Wildman–Crippen MR) is 61.6 cm³/mol. The molecule has 0 saturated carbocycles. The normalized spacial score (nSPS) is 18.9. The number of amides is 1. The number of rotatable bonds is 4. The molecule has 18 heavy (non-hydrogen) atoms. The molecule has 1 fully saturated rings. The summed E-state index contributed by atoms with van der Waals surface area (Å²) in [5.41, 5.74) is 0. The average Bonchev–Trinajstić information content (AvgIpc) is 2.92. The smallest absolute Gasteiger partial charge is 0.303 e. The van der Waals surface area contributed by atoms with Gasteiger partial charge >= 0.3 is 5.97 Å². The van der Waals surface area contributed by atoms with Gasteiger partial charge in [-0.15, -0.1) is 17.4 Å². The second kappa shape index (κ2) is 4.87. The molecule has 94 valence electrons. The molecule has 1 amide bonds. The SMILES string of the molecule is C#CC1CC(=O)N(c2n[nH]c(CCC(=O)O)n2)C1. The van der Waals surface area contributed by atoms with E-state index < -0.39 is 5.97 Å². The quantitative estimate of drug-likeness (QED) is 0.719. The highest BCUT2D eigenvalue weighted by molar-refractivity contribution is 5.94. The summed E-state index contributed by atoms with van der Waals surface area (Å²) in [5, 5.41) is 15.1. The number of terminal acetylenes is 1. The van der Waals surface area contributed by atoms with E-state index in [-0.39, 0.29) is 30.6 Å². The van der Waals surface area contributed by atoms with Crippen LogP contribution in [0.1, 0.15) is 18.7 Å². The van der Waals surface area contributed by atoms with E-state index in [1.807, 2.05) is 0 Å². The maximum atomic E-state index is 11.7. The first-order valence-electron chi connectivity index (χ1n) is 5.49. The minimum Gasteiger partial charge on any atom is -0.481 e. The molecule has 0 aliphatic carbocycles. The van der Waals surface area contributed by atoms with Crippen LogP contribution in [-0.4, -0.2) is 38.7 Å². The number of aryl methyl sites for hydroxylation is 1. The van der Waals surface area contributed by atoms with Crippen LogP contribution in [0.3, 0.4) is 0 Å². The highest BCUT2D eigenvalue weighted by atomic mass is 16.4. The summed E-state index contributed by atoms with van der Waals surface area (Å²) < 4.78 is 0. The number of carboxylic acid groups (broad SMARTS) is 1. The van der Waals surface area contributed by atoms with Gasteiger partial charge in [0.1, 0.15) is 5.82 Å². The number of carboxylic acids is 1. The molecule has 0 aromatic carbocycles. The fraction of sp³-hybridized carbons (Fsp3) is 0.455. The number of nitrogens with zero attached hydrogens (tertiary/aromatic N) is 3. The number of hydrogen-bond donors (Lipinski definition) is 2. The van der Waals surface area contributed by atoms with E-state index in [1.54, 1.807) is 0 Å². The summed E-state index contributed by atoms with van der Waals surface area (Å²) in [7, 11) is 0. The molecule has 1 aliphatic rings. The van der Waals surface area contributed by atoms with Crippen molar-refractivity contribution in [2.24, 2.45) is 5.92 Å². The molecule has 1 aromatic heterocycles. The molecule has 0 bridgehead atoms. The van der Waals surface area contributed by atoms with Gasteiger partial charge in [0.25, 0.3) is 5.95 Å². The van der Waals surface area contributed by atoms with Crippen LogP contribution in [0.15, 0.2) is 0 Å². The lowest BCUT2D eigenvalue weighted by molar-refractivity contribution is -0.137. The number of anilines is 1. The van der Waals surface area contributed by atoms with E-state index in [0.29, 0.717) is 18.8 Å². The molecule has 1 saturated heterocycles. The van der Waals surface area contributed by atoms with Crippen LogP contribution >= 0.6 is 0 Å². The first-order valence-corrected chi connectivity index (χ1v) is 5.49. The number of H-pyrrole nitrogens is 1. The summed E-state index contributed by atoms with van der Waals surface area (Å²) >= 11 is 0. The summed E-state index contributed by atoms with van der Waals surface area (Å²) in [6, 6.07) is 0. The molecule has 1 unspecified atom stereocenters. The van der Waals surface area contributed by atoms with Crippen molar-refractivity contribution in [3.63, 3.8) is 0 Å². The van der Waals surface area contributed by atoms with Crippen LogP contribution in [0.4, 0.5) is 5.95 Å². The van der Waals surface area contributed by atoms with Crippen molar-refractivity contribution < 1.29 is 14.7 Å². The maximum Gasteiger partial charge on any atom is 0.303 e. The van der Waals surface area contributed by atoms with Gasteiger partial charge in [-0.3, -0.25) is 19.6 Å². The molecule has 1 aliphatic heterocycles. The van der Waals surface area contributed by atoms with E-state index in [1.165, 1.54) is 4.90 Å². The Balaban J connectivity index is 2.04. The monoisotopic (exact) mass is 248 g/mol. The average molecular weight is 248 g/mol.